The first kappa shape index (κ1) is 14.6. The highest BCUT2D eigenvalue weighted by Crippen LogP contribution is 2.29. The quantitative estimate of drug-likeness (QED) is 0.422. The van der Waals surface area contributed by atoms with Gasteiger partial charge in [-0.05, 0) is 40.5 Å². The van der Waals surface area contributed by atoms with Crippen molar-refractivity contribution in [1.82, 2.24) is 9.44 Å². The van der Waals surface area contributed by atoms with Gasteiger partial charge in [0.2, 0.25) is 0 Å². The first-order valence-electron chi connectivity index (χ1n) is 5.27. The first-order chi connectivity index (χ1) is 6.22. The second kappa shape index (κ2) is 5.64. The summed E-state index contributed by atoms with van der Waals surface area (Å²) in [7, 11) is -0.574. The average molecular weight is 238 g/mol. The van der Waals surface area contributed by atoms with Gasteiger partial charge < -0.3 is 0 Å². The lowest BCUT2D eigenvalue weighted by atomic mass is 10.0. The summed E-state index contributed by atoms with van der Waals surface area (Å²) in [6.45, 7) is 13.2. The maximum Gasteiger partial charge on any atom is 0.0225 e. The highest BCUT2D eigenvalue weighted by molar-refractivity contribution is 8.76. The molecule has 2 N–H and O–H groups in total. The molecule has 4 heteroatoms. The predicted octanol–water partition coefficient (Wildman–Crippen LogP) is 3.22. The Hall–Kier alpha value is 0.620. The lowest BCUT2D eigenvalue weighted by Crippen LogP contribution is -2.43. The number of rotatable bonds is 6. The molecule has 0 bridgehead atoms. The van der Waals surface area contributed by atoms with E-state index in [0.29, 0.717) is 0 Å². The molecule has 0 aromatic carbocycles. The van der Waals surface area contributed by atoms with Crippen LogP contribution in [0.2, 0.25) is 0 Å². The molecule has 0 radical (unpaired) electrons. The zero-order chi connectivity index (χ0) is 11.4. The Kier molecular flexibility index (Phi) is 5.88. The number of thiol groups is 2. The monoisotopic (exact) mass is 238 g/mol. The normalized spacial score (nSPS) is 14.4. The van der Waals surface area contributed by atoms with Crippen LogP contribution in [0, 0.1) is 0 Å². The van der Waals surface area contributed by atoms with Gasteiger partial charge in [-0.25, -0.2) is 0 Å². The van der Waals surface area contributed by atoms with E-state index in [4.69, 9.17) is 0 Å². The van der Waals surface area contributed by atoms with Crippen molar-refractivity contribution in [2.45, 2.75) is 65.5 Å². The Morgan fingerprint density at radius 3 is 1.43 bits per heavy atom. The third-order valence-corrected chi connectivity index (χ3v) is 4.82. The second-order valence-corrected chi connectivity index (χ2v) is 7.28. The van der Waals surface area contributed by atoms with Crippen LogP contribution in [-0.4, -0.2) is 11.1 Å². The smallest absolute Gasteiger partial charge is 0.0225 e. The van der Waals surface area contributed by atoms with Crippen molar-refractivity contribution >= 4 is 22.0 Å². The highest BCUT2D eigenvalue weighted by atomic mass is 33.1. The van der Waals surface area contributed by atoms with Crippen LogP contribution in [0.4, 0.5) is 0 Å². The lowest BCUT2D eigenvalue weighted by Gasteiger charge is -2.36. The molecular weight excluding hydrogens is 212 g/mol. The fourth-order valence-electron chi connectivity index (χ4n) is 0.759. The van der Waals surface area contributed by atoms with Crippen LogP contribution in [0.1, 0.15) is 54.4 Å². The zero-order valence-electron chi connectivity index (χ0n) is 10.3. The Balaban J connectivity index is 4.04. The fourth-order valence-corrected chi connectivity index (χ4v) is 3.90. The van der Waals surface area contributed by atoms with E-state index < -0.39 is 10.3 Å². The SMILES string of the molecule is CCC(C)(C)N[SH](S)NC(C)(C)CC. The molecule has 0 aromatic rings. The minimum absolute atomic E-state index is 0.171. The van der Waals surface area contributed by atoms with E-state index in [2.05, 4.69) is 62.6 Å². The summed E-state index contributed by atoms with van der Waals surface area (Å²) in [5, 5.41) is 0. The van der Waals surface area contributed by atoms with Crippen molar-refractivity contribution in [1.29, 1.82) is 0 Å². The van der Waals surface area contributed by atoms with Crippen LogP contribution in [0.5, 0.6) is 0 Å². The van der Waals surface area contributed by atoms with Gasteiger partial charge in [-0.1, -0.05) is 24.1 Å². The molecule has 0 aliphatic rings. The lowest BCUT2D eigenvalue weighted by molar-refractivity contribution is 0.441. The van der Waals surface area contributed by atoms with Gasteiger partial charge in [-0.15, -0.1) is 11.7 Å². The van der Waals surface area contributed by atoms with Crippen molar-refractivity contribution in [2.24, 2.45) is 0 Å². The van der Waals surface area contributed by atoms with Gasteiger partial charge >= 0.3 is 0 Å². The van der Waals surface area contributed by atoms with E-state index in [0.717, 1.165) is 12.8 Å². The molecular formula is C10H26N2S2. The average Bonchev–Trinajstić information content (AvgIpc) is 2.02. The van der Waals surface area contributed by atoms with Crippen molar-refractivity contribution in [3.63, 3.8) is 0 Å². The Labute approximate surface area is 97.0 Å². The third-order valence-electron chi connectivity index (χ3n) is 2.58. The van der Waals surface area contributed by atoms with E-state index in [1.165, 1.54) is 0 Å². The molecule has 0 fully saturated rings. The van der Waals surface area contributed by atoms with Crippen molar-refractivity contribution in [2.75, 3.05) is 0 Å². The molecule has 0 saturated heterocycles. The largest absolute Gasteiger partial charge is 0.259 e. The first-order valence-corrected chi connectivity index (χ1v) is 7.76. The molecule has 0 saturated carbocycles. The second-order valence-electron chi connectivity index (χ2n) is 5.01. The van der Waals surface area contributed by atoms with Gasteiger partial charge in [-0.2, -0.15) is 0 Å². The molecule has 0 heterocycles. The van der Waals surface area contributed by atoms with Gasteiger partial charge in [0.25, 0.3) is 0 Å². The van der Waals surface area contributed by atoms with Crippen LogP contribution in [-0.2, 0) is 0 Å². The highest BCUT2D eigenvalue weighted by Gasteiger charge is 2.21. The summed E-state index contributed by atoms with van der Waals surface area (Å²) in [6, 6.07) is 0. The van der Waals surface area contributed by atoms with E-state index in [-0.39, 0.29) is 11.1 Å². The topological polar surface area (TPSA) is 24.1 Å². The molecule has 0 spiro atoms. The van der Waals surface area contributed by atoms with Crippen molar-refractivity contribution < 1.29 is 0 Å². The van der Waals surface area contributed by atoms with Gasteiger partial charge in [0.1, 0.15) is 0 Å². The molecule has 14 heavy (non-hydrogen) atoms. The Morgan fingerprint density at radius 2 is 1.21 bits per heavy atom. The maximum absolute atomic E-state index is 4.57. The molecule has 0 aliphatic carbocycles. The molecule has 88 valence electrons. The van der Waals surface area contributed by atoms with Crippen LogP contribution in [0.15, 0.2) is 0 Å². The van der Waals surface area contributed by atoms with Gasteiger partial charge in [0.05, 0.1) is 0 Å². The van der Waals surface area contributed by atoms with Crippen LogP contribution in [0.3, 0.4) is 0 Å². The summed E-state index contributed by atoms with van der Waals surface area (Å²) >= 11 is 4.57. The van der Waals surface area contributed by atoms with Gasteiger partial charge in [0.15, 0.2) is 0 Å². The molecule has 2 nitrogen and oxygen atoms in total. The number of hydrogen-bond acceptors (Lipinski definition) is 3. The predicted molar refractivity (Wildman–Crippen MR) is 73.0 cm³/mol. The standard InChI is InChI=1S/C10H26N2S2/c1-7-9(3,4)11-14(13)12-10(5,6)8-2/h11-14H,7-8H2,1-6H3. The summed E-state index contributed by atoms with van der Waals surface area (Å²) in [6.07, 6.45) is 2.22. The van der Waals surface area contributed by atoms with E-state index >= 15 is 0 Å². The maximum atomic E-state index is 4.57. The van der Waals surface area contributed by atoms with E-state index in [9.17, 15) is 0 Å². The molecule has 0 amide bonds. The van der Waals surface area contributed by atoms with Crippen LogP contribution in [0.25, 0.3) is 0 Å². The minimum Gasteiger partial charge on any atom is -0.259 e. The summed E-state index contributed by atoms with van der Waals surface area (Å²) in [5.74, 6) is 0. The number of nitrogens with one attached hydrogen (secondary N) is 2. The molecule has 0 aromatic heterocycles. The van der Waals surface area contributed by atoms with Crippen molar-refractivity contribution in [3.05, 3.63) is 0 Å². The minimum atomic E-state index is -0.574. The van der Waals surface area contributed by atoms with Gasteiger partial charge in [0, 0.05) is 11.1 Å². The molecule has 0 aliphatic heterocycles. The Morgan fingerprint density at radius 1 is 0.929 bits per heavy atom. The zero-order valence-corrected chi connectivity index (χ0v) is 12.1. The van der Waals surface area contributed by atoms with Gasteiger partial charge in [-0.3, -0.25) is 9.44 Å². The summed E-state index contributed by atoms with van der Waals surface area (Å²) < 4.78 is 7.03. The fraction of sp³-hybridized carbons (Fsp3) is 1.00. The summed E-state index contributed by atoms with van der Waals surface area (Å²) in [4.78, 5) is 0. The van der Waals surface area contributed by atoms with Crippen molar-refractivity contribution in [3.8, 4) is 0 Å². The van der Waals surface area contributed by atoms with Crippen LogP contribution >= 0.6 is 22.0 Å². The van der Waals surface area contributed by atoms with E-state index in [1.807, 2.05) is 0 Å². The van der Waals surface area contributed by atoms with E-state index in [1.54, 1.807) is 0 Å². The Bertz CT molecular complexity index is 152. The number of hydrogen-bond donors (Lipinski definition) is 4. The summed E-state index contributed by atoms with van der Waals surface area (Å²) in [5.41, 5.74) is 0.342. The molecule has 0 atom stereocenters. The molecule has 0 rings (SSSR count). The third kappa shape index (κ3) is 6.17. The molecule has 0 unspecified atom stereocenters. The van der Waals surface area contributed by atoms with Crippen LogP contribution < -0.4 is 9.44 Å².